The molecule has 0 aliphatic heterocycles. The van der Waals surface area contributed by atoms with Gasteiger partial charge in [0.25, 0.3) is 10.0 Å². The fraction of sp³-hybridized carbons (Fsp3) is 0.167. The zero-order valence-corrected chi connectivity index (χ0v) is 13.4. The lowest BCUT2D eigenvalue weighted by molar-refractivity contribution is 0.0702. The minimum absolute atomic E-state index is 0.0323. The second-order valence-corrected chi connectivity index (χ2v) is 7.50. The van der Waals surface area contributed by atoms with Gasteiger partial charge in [0.2, 0.25) is 0 Å². The molecule has 0 spiro atoms. The standard InChI is InChI=1S/C12H11ClN2O4S2/c1-6-3-4-14-11(13)10(6)15-21(18,19)9-5-8(12(16)17)20-7(9)2/h3-5,15H,1-2H3,(H,16,17). The number of carboxylic acid groups (broad SMARTS) is 1. The van der Waals surface area contributed by atoms with Crippen molar-refractivity contribution in [2.24, 2.45) is 0 Å². The number of nitrogens with one attached hydrogen (secondary N) is 1. The Labute approximate surface area is 130 Å². The zero-order chi connectivity index (χ0) is 15.8. The smallest absolute Gasteiger partial charge is 0.345 e. The average molecular weight is 347 g/mol. The molecule has 0 atom stereocenters. The van der Waals surface area contributed by atoms with E-state index in [9.17, 15) is 13.2 Å². The van der Waals surface area contributed by atoms with Gasteiger partial charge in [-0.2, -0.15) is 0 Å². The van der Waals surface area contributed by atoms with Gasteiger partial charge >= 0.3 is 5.97 Å². The molecule has 0 saturated heterocycles. The summed E-state index contributed by atoms with van der Waals surface area (Å²) in [6.45, 7) is 3.23. The van der Waals surface area contributed by atoms with E-state index >= 15 is 0 Å². The van der Waals surface area contributed by atoms with Gasteiger partial charge in [-0.3, -0.25) is 4.72 Å². The molecule has 0 unspecified atom stereocenters. The first-order valence-electron chi connectivity index (χ1n) is 5.70. The Bertz CT molecular complexity index is 794. The first kappa shape index (κ1) is 15.7. The van der Waals surface area contributed by atoms with Crippen molar-refractivity contribution in [3.8, 4) is 0 Å². The minimum atomic E-state index is -3.93. The number of aryl methyl sites for hydroxylation is 2. The van der Waals surface area contributed by atoms with Gasteiger partial charge in [0.1, 0.15) is 9.77 Å². The van der Waals surface area contributed by atoms with Crippen LogP contribution in [0.3, 0.4) is 0 Å². The molecule has 0 aliphatic carbocycles. The summed E-state index contributed by atoms with van der Waals surface area (Å²) in [6.07, 6.45) is 1.47. The van der Waals surface area contributed by atoms with E-state index in [1.807, 2.05) is 0 Å². The Balaban J connectivity index is 2.46. The van der Waals surface area contributed by atoms with Gasteiger partial charge < -0.3 is 5.11 Å². The third-order valence-electron chi connectivity index (χ3n) is 2.72. The lowest BCUT2D eigenvalue weighted by Crippen LogP contribution is -2.14. The van der Waals surface area contributed by atoms with Crippen molar-refractivity contribution in [2.75, 3.05) is 4.72 Å². The number of carboxylic acids is 1. The third-order valence-corrected chi connectivity index (χ3v) is 5.65. The quantitative estimate of drug-likeness (QED) is 0.830. The highest BCUT2D eigenvalue weighted by Gasteiger charge is 2.23. The largest absolute Gasteiger partial charge is 0.477 e. The van der Waals surface area contributed by atoms with Crippen LogP contribution in [0.2, 0.25) is 5.15 Å². The maximum Gasteiger partial charge on any atom is 0.345 e. The summed E-state index contributed by atoms with van der Waals surface area (Å²) >= 11 is 6.79. The van der Waals surface area contributed by atoms with Gasteiger partial charge in [0.15, 0.2) is 5.15 Å². The van der Waals surface area contributed by atoms with Crippen LogP contribution in [0.4, 0.5) is 5.69 Å². The molecule has 2 N–H and O–H groups in total. The Kier molecular flexibility index (Phi) is 4.22. The van der Waals surface area contributed by atoms with E-state index < -0.39 is 16.0 Å². The summed E-state index contributed by atoms with van der Waals surface area (Å²) < 4.78 is 27.1. The van der Waals surface area contributed by atoms with Crippen molar-refractivity contribution in [3.63, 3.8) is 0 Å². The molecule has 0 fully saturated rings. The number of anilines is 1. The van der Waals surface area contributed by atoms with E-state index in [2.05, 4.69) is 9.71 Å². The van der Waals surface area contributed by atoms with E-state index in [1.165, 1.54) is 6.20 Å². The zero-order valence-electron chi connectivity index (χ0n) is 11.0. The molecule has 0 radical (unpaired) electrons. The second kappa shape index (κ2) is 5.63. The van der Waals surface area contributed by atoms with Crippen molar-refractivity contribution < 1.29 is 18.3 Å². The molecule has 2 rings (SSSR count). The number of sulfonamides is 1. The van der Waals surface area contributed by atoms with Crippen LogP contribution in [0.5, 0.6) is 0 Å². The van der Waals surface area contributed by atoms with Crippen LogP contribution in [0.1, 0.15) is 20.1 Å². The summed E-state index contributed by atoms with van der Waals surface area (Å²) in [4.78, 5) is 15.0. The first-order valence-corrected chi connectivity index (χ1v) is 8.38. The topological polar surface area (TPSA) is 96.4 Å². The molecule has 21 heavy (non-hydrogen) atoms. The van der Waals surface area contributed by atoms with Crippen LogP contribution in [-0.2, 0) is 10.0 Å². The summed E-state index contributed by atoms with van der Waals surface area (Å²) in [5.41, 5.74) is 0.798. The number of pyridine rings is 1. The van der Waals surface area contributed by atoms with Crippen molar-refractivity contribution in [1.29, 1.82) is 0 Å². The highest BCUT2D eigenvalue weighted by molar-refractivity contribution is 7.93. The van der Waals surface area contributed by atoms with Crippen LogP contribution >= 0.6 is 22.9 Å². The SMILES string of the molecule is Cc1ccnc(Cl)c1NS(=O)(=O)c1cc(C(=O)O)sc1C. The van der Waals surface area contributed by atoms with Gasteiger partial charge in [0, 0.05) is 11.1 Å². The van der Waals surface area contributed by atoms with E-state index in [1.54, 1.807) is 19.9 Å². The van der Waals surface area contributed by atoms with E-state index in [4.69, 9.17) is 16.7 Å². The lowest BCUT2D eigenvalue weighted by Gasteiger charge is -2.11. The molecule has 0 aliphatic rings. The summed E-state index contributed by atoms with van der Waals surface area (Å²) in [7, 11) is -3.93. The Morgan fingerprint density at radius 3 is 2.62 bits per heavy atom. The normalized spacial score (nSPS) is 11.4. The van der Waals surface area contributed by atoms with Gasteiger partial charge in [-0.25, -0.2) is 18.2 Å². The van der Waals surface area contributed by atoms with Crippen LogP contribution in [0, 0.1) is 13.8 Å². The monoisotopic (exact) mass is 346 g/mol. The van der Waals surface area contributed by atoms with Crippen molar-refractivity contribution in [3.05, 3.63) is 38.8 Å². The van der Waals surface area contributed by atoms with E-state index in [-0.39, 0.29) is 20.6 Å². The molecule has 9 heteroatoms. The average Bonchev–Trinajstić information content (AvgIpc) is 2.77. The molecule has 6 nitrogen and oxygen atoms in total. The summed E-state index contributed by atoms with van der Waals surface area (Å²) in [5, 5.41) is 8.96. The molecular formula is C12H11ClN2O4S2. The molecule has 0 aromatic carbocycles. The number of halogens is 1. The van der Waals surface area contributed by atoms with Crippen molar-refractivity contribution >= 4 is 44.6 Å². The van der Waals surface area contributed by atoms with E-state index in [0.29, 0.717) is 10.4 Å². The lowest BCUT2D eigenvalue weighted by atomic mass is 10.3. The number of nitrogens with zero attached hydrogens (tertiary/aromatic N) is 1. The number of carbonyl (C=O) groups is 1. The van der Waals surface area contributed by atoms with Crippen LogP contribution in [0.25, 0.3) is 0 Å². The van der Waals surface area contributed by atoms with Gasteiger partial charge in [-0.15, -0.1) is 11.3 Å². The van der Waals surface area contributed by atoms with Crippen molar-refractivity contribution in [1.82, 2.24) is 4.98 Å². The highest BCUT2D eigenvalue weighted by Crippen LogP contribution is 2.30. The third kappa shape index (κ3) is 3.17. The first-order chi connectivity index (χ1) is 9.72. The molecule has 0 bridgehead atoms. The van der Waals surface area contributed by atoms with Crippen molar-refractivity contribution in [2.45, 2.75) is 18.7 Å². The number of thiophene rings is 1. The molecule has 2 heterocycles. The minimum Gasteiger partial charge on any atom is -0.477 e. The Hall–Kier alpha value is -1.64. The second-order valence-electron chi connectivity index (χ2n) is 4.24. The van der Waals surface area contributed by atoms with Crippen LogP contribution in [-0.4, -0.2) is 24.5 Å². The molecule has 0 amide bonds. The van der Waals surface area contributed by atoms with Gasteiger partial charge in [0.05, 0.1) is 5.69 Å². The summed E-state index contributed by atoms with van der Waals surface area (Å²) in [5.74, 6) is -1.17. The number of hydrogen-bond acceptors (Lipinski definition) is 5. The number of aromatic nitrogens is 1. The Morgan fingerprint density at radius 1 is 1.43 bits per heavy atom. The maximum absolute atomic E-state index is 12.4. The van der Waals surface area contributed by atoms with Gasteiger partial charge in [-0.1, -0.05) is 11.6 Å². The number of rotatable bonds is 4. The molecule has 0 saturated carbocycles. The van der Waals surface area contributed by atoms with E-state index in [0.717, 1.165) is 17.4 Å². The molecular weight excluding hydrogens is 336 g/mol. The fourth-order valence-electron chi connectivity index (χ4n) is 1.67. The van der Waals surface area contributed by atoms with Gasteiger partial charge in [-0.05, 0) is 31.5 Å². The fourth-order valence-corrected chi connectivity index (χ4v) is 4.55. The Morgan fingerprint density at radius 2 is 2.10 bits per heavy atom. The highest BCUT2D eigenvalue weighted by atomic mass is 35.5. The predicted octanol–water partition coefficient (Wildman–Crippen LogP) is 2.91. The number of hydrogen-bond donors (Lipinski definition) is 2. The predicted molar refractivity (Wildman–Crippen MR) is 80.8 cm³/mol. The molecule has 2 aromatic rings. The van der Waals surface area contributed by atoms with Crippen LogP contribution < -0.4 is 4.72 Å². The summed E-state index contributed by atoms with van der Waals surface area (Å²) in [6, 6.07) is 2.75. The number of aromatic carboxylic acids is 1. The van der Waals surface area contributed by atoms with Crippen LogP contribution in [0.15, 0.2) is 23.2 Å². The maximum atomic E-state index is 12.4. The molecule has 112 valence electrons. The molecule has 2 aromatic heterocycles.